The fourth-order valence-electron chi connectivity index (χ4n) is 4.01. The third-order valence-electron chi connectivity index (χ3n) is 5.43. The molecular formula is C21H21FN2O4. The van der Waals surface area contributed by atoms with Crippen LogP contribution in [0.25, 0.3) is 0 Å². The molecule has 1 unspecified atom stereocenters. The Labute approximate surface area is 162 Å². The van der Waals surface area contributed by atoms with Gasteiger partial charge in [0.25, 0.3) is 5.91 Å². The highest BCUT2D eigenvalue weighted by atomic mass is 19.1. The lowest BCUT2D eigenvalue weighted by atomic mass is 9.90. The maximum atomic E-state index is 14.1. The van der Waals surface area contributed by atoms with Gasteiger partial charge >= 0.3 is 0 Å². The Bertz CT molecular complexity index is 946. The Morgan fingerprint density at radius 3 is 2.57 bits per heavy atom. The Kier molecular flexibility index (Phi) is 4.66. The minimum absolute atomic E-state index is 0.0212. The molecule has 4 rings (SSSR count). The summed E-state index contributed by atoms with van der Waals surface area (Å²) in [5, 5.41) is 0. The maximum absolute atomic E-state index is 14.1. The van der Waals surface area contributed by atoms with Crippen LogP contribution in [-0.2, 0) is 11.2 Å². The van der Waals surface area contributed by atoms with Crippen molar-refractivity contribution in [3.8, 4) is 11.5 Å². The Morgan fingerprint density at radius 1 is 1.14 bits per heavy atom. The molecule has 0 aromatic heterocycles. The van der Waals surface area contributed by atoms with E-state index in [2.05, 4.69) is 0 Å². The van der Waals surface area contributed by atoms with Crippen molar-refractivity contribution in [1.29, 1.82) is 0 Å². The van der Waals surface area contributed by atoms with Crippen molar-refractivity contribution in [3.63, 3.8) is 0 Å². The number of amides is 2. The SMILES string of the molecule is COc1cc2c(cc1OC)C1CN(C(=O)c3ccccc3F)CC(=O)N1CC2. The summed E-state index contributed by atoms with van der Waals surface area (Å²) in [7, 11) is 3.14. The van der Waals surface area contributed by atoms with Gasteiger partial charge in [-0.1, -0.05) is 12.1 Å². The molecule has 0 bridgehead atoms. The van der Waals surface area contributed by atoms with Crippen molar-refractivity contribution in [2.75, 3.05) is 33.9 Å². The van der Waals surface area contributed by atoms with Crippen molar-refractivity contribution >= 4 is 11.8 Å². The van der Waals surface area contributed by atoms with E-state index in [1.165, 1.54) is 23.1 Å². The monoisotopic (exact) mass is 384 g/mol. The van der Waals surface area contributed by atoms with Gasteiger partial charge in [0, 0.05) is 13.1 Å². The van der Waals surface area contributed by atoms with Crippen LogP contribution in [0, 0.1) is 5.82 Å². The molecule has 28 heavy (non-hydrogen) atoms. The number of benzene rings is 2. The first kappa shape index (κ1) is 18.3. The molecule has 2 aromatic rings. The third-order valence-corrected chi connectivity index (χ3v) is 5.43. The van der Waals surface area contributed by atoms with E-state index in [0.29, 0.717) is 31.0 Å². The van der Waals surface area contributed by atoms with Crippen molar-refractivity contribution in [1.82, 2.24) is 9.80 Å². The minimum Gasteiger partial charge on any atom is -0.493 e. The van der Waals surface area contributed by atoms with Crippen molar-refractivity contribution in [2.45, 2.75) is 12.5 Å². The van der Waals surface area contributed by atoms with Gasteiger partial charge in [-0.15, -0.1) is 0 Å². The molecule has 2 heterocycles. The molecule has 0 spiro atoms. The van der Waals surface area contributed by atoms with Gasteiger partial charge in [0.1, 0.15) is 12.4 Å². The number of rotatable bonds is 3. The zero-order valence-electron chi connectivity index (χ0n) is 15.8. The van der Waals surface area contributed by atoms with Crippen LogP contribution in [0.15, 0.2) is 36.4 Å². The molecule has 0 saturated carbocycles. The average molecular weight is 384 g/mol. The Balaban J connectivity index is 1.69. The number of nitrogens with zero attached hydrogens (tertiary/aromatic N) is 2. The molecule has 1 saturated heterocycles. The standard InChI is InChI=1S/C21H21FN2O4/c1-27-18-9-13-7-8-24-17(15(13)10-19(18)28-2)11-23(12-20(24)25)21(26)14-5-3-4-6-16(14)22/h3-6,9-10,17H,7-8,11-12H2,1-2H3. The second-order valence-electron chi connectivity index (χ2n) is 6.92. The van der Waals surface area contributed by atoms with Crippen LogP contribution < -0.4 is 9.47 Å². The van der Waals surface area contributed by atoms with Crippen LogP contribution in [0.3, 0.4) is 0 Å². The molecule has 7 heteroatoms. The van der Waals surface area contributed by atoms with E-state index in [1.54, 1.807) is 25.2 Å². The summed E-state index contributed by atoms with van der Waals surface area (Å²) in [6.45, 7) is 0.835. The smallest absolute Gasteiger partial charge is 0.257 e. The number of methoxy groups -OCH3 is 2. The van der Waals surface area contributed by atoms with Crippen molar-refractivity contribution in [3.05, 3.63) is 58.9 Å². The first-order chi connectivity index (χ1) is 13.5. The second-order valence-corrected chi connectivity index (χ2v) is 6.92. The zero-order chi connectivity index (χ0) is 19.8. The number of carbonyl (C=O) groups is 2. The fraction of sp³-hybridized carbons (Fsp3) is 0.333. The molecule has 0 aliphatic carbocycles. The molecule has 6 nitrogen and oxygen atoms in total. The highest BCUT2D eigenvalue weighted by Crippen LogP contribution is 2.39. The Hall–Kier alpha value is -3.09. The van der Waals surface area contributed by atoms with Gasteiger partial charge in [0.05, 0.1) is 25.8 Å². The predicted octanol–water partition coefficient (Wildman–Crippen LogP) is 2.42. The molecule has 0 N–H and O–H groups in total. The van der Waals surface area contributed by atoms with E-state index < -0.39 is 11.7 Å². The van der Waals surface area contributed by atoms with Crippen LogP contribution >= 0.6 is 0 Å². The average Bonchev–Trinajstić information content (AvgIpc) is 2.72. The van der Waals surface area contributed by atoms with E-state index in [9.17, 15) is 14.0 Å². The molecule has 2 aromatic carbocycles. The summed E-state index contributed by atoms with van der Waals surface area (Å²) in [6, 6.07) is 9.34. The van der Waals surface area contributed by atoms with E-state index in [0.717, 1.165) is 11.1 Å². The van der Waals surface area contributed by atoms with Crippen LogP contribution in [-0.4, -0.2) is 55.5 Å². The number of fused-ring (bicyclic) bond motifs is 3. The molecule has 1 fully saturated rings. The third kappa shape index (κ3) is 2.96. The number of piperazine rings is 1. The summed E-state index contributed by atoms with van der Waals surface area (Å²) >= 11 is 0. The number of hydrogen-bond acceptors (Lipinski definition) is 4. The summed E-state index contributed by atoms with van der Waals surface area (Å²) in [5.74, 6) is 0.0159. The molecule has 2 aliphatic rings. The molecule has 2 amide bonds. The van der Waals surface area contributed by atoms with E-state index >= 15 is 0 Å². The normalized spacial score (nSPS) is 18.4. The molecule has 146 valence electrons. The number of carbonyl (C=O) groups excluding carboxylic acids is 2. The van der Waals surface area contributed by atoms with Gasteiger partial charge in [-0.2, -0.15) is 0 Å². The number of halogens is 1. The largest absolute Gasteiger partial charge is 0.493 e. The van der Waals surface area contributed by atoms with Crippen LogP contribution in [0.1, 0.15) is 27.5 Å². The molecule has 1 atom stereocenters. The van der Waals surface area contributed by atoms with Gasteiger partial charge < -0.3 is 19.3 Å². The van der Waals surface area contributed by atoms with Crippen LogP contribution in [0.2, 0.25) is 0 Å². The molecular weight excluding hydrogens is 363 g/mol. The van der Waals surface area contributed by atoms with Crippen LogP contribution in [0.4, 0.5) is 4.39 Å². The minimum atomic E-state index is -0.585. The predicted molar refractivity (Wildman–Crippen MR) is 100 cm³/mol. The molecule has 0 radical (unpaired) electrons. The zero-order valence-corrected chi connectivity index (χ0v) is 15.8. The summed E-state index contributed by atoms with van der Waals surface area (Å²) in [5.41, 5.74) is 1.97. The first-order valence-corrected chi connectivity index (χ1v) is 9.11. The number of ether oxygens (including phenoxy) is 2. The van der Waals surface area contributed by atoms with E-state index in [1.807, 2.05) is 12.1 Å². The summed E-state index contributed by atoms with van der Waals surface area (Å²) in [6.07, 6.45) is 0.708. The van der Waals surface area contributed by atoms with Gasteiger partial charge in [0.15, 0.2) is 11.5 Å². The molecule has 2 aliphatic heterocycles. The Morgan fingerprint density at radius 2 is 1.86 bits per heavy atom. The lowest BCUT2D eigenvalue weighted by Crippen LogP contribution is -2.55. The lowest BCUT2D eigenvalue weighted by Gasteiger charge is -2.44. The van der Waals surface area contributed by atoms with Gasteiger partial charge in [0.2, 0.25) is 5.91 Å². The van der Waals surface area contributed by atoms with E-state index in [-0.39, 0.29) is 24.1 Å². The fourth-order valence-corrected chi connectivity index (χ4v) is 4.01. The second kappa shape index (κ2) is 7.14. The highest BCUT2D eigenvalue weighted by Gasteiger charge is 2.39. The van der Waals surface area contributed by atoms with E-state index in [4.69, 9.17) is 9.47 Å². The summed E-state index contributed by atoms with van der Waals surface area (Å²) < 4.78 is 24.9. The van der Waals surface area contributed by atoms with Crippen LogP contribution in [0.5, 0.6) is 11.5 Å². The quantitative estimate of drug-likeness (QED) is 0.816. The maximum Gasteiger partial charge on any atom is 0.257 e. The lowest BCUT2D eigenvalue weighted by molar-refractivity contribution is -0.139. The van der Waals surface area contributed by atoms with Gasteiger partial charge in [-0.25, -0.2) is 4.39 Å². The number of hydrogen-bond donors (Lipinski definition) is 0. The topological polar surface area (TPSA) is 59.1 Å². The van der Waals surface area contributed by atoms with Gasteiger partial charge in [-0.3, -0.25) is 9.59 Å². The van der Waals surface area contributed by atoms with Crippen molar-refractivity contribution < 1.29 is 23.5 Å². The van der Waals surface area contributed by atoms with Crippen molar-refractivity contribution in [2.24, 2.45) is 0 Å². The highest BCUT2D eigenvalue weighted by molar-refractivity contribution is 5.97. The summed E-state index contributed by atoms with van der Waals surface area (Å²) in [4.78, 5) is 28.8. The van der Waals surface area contributed by atoms with Gasteiger partial charge in [-0.05, 0) is 41.8 Å². The first-order valence-electron chi connectivity index (χ1n) is 9.11.